The molecule has 3 aromatic carbocycles. The first-order valence-electron chi connectivity index (χ1n) is 12.2. The van der Waals surface area contributed by atoms with E-state index in [0.717, 1.165) is 5.56 Å². The van der Waals surface area contributed by atoms with Crippen molar-refractivity contribution in [1.82, 2.24) is 5.32 Å². The number of carbonyl (C=O) groups excluding carboxylic acids is 2. The van der Waals surface area contributed by atoms with Crippen LogP contribution in [0.15, 0.2) is 54.6 Å². The van der Waals surface area contributed by atoms with Gasteiger partial charge in [0.1, 0.15) is 11.2 Å². The third-order valence-corrected chi connectivity index (χ3v) is 8.24. The van der Waals surface area contributed by atoms with Crippen molar-refractivity contribution in [2.75, 3.05) is 5.32 Å². The molecule has 3 unspecified atom stereocenters. The molecule has 3 N–H and O–H groups in total. The summed E-state index contributed by atoms with van der Waals surface area (Å²) in [4.78, 5) is 39.6. The predicted octanol–water partition coefficient (Wildman–Crippen LogP) is 6.43. The molecule has 0 saturated carbocycles. The zero-order valence-electron chi connectivity index (χ0n) is 21.3. The van der Waals surface area contributed by atoms with Crippen molar-refractivity contribution in [3.05, 3.63) is 91.9 Å². The summed E-state index contributed by atoms with van der Waals surface area (Å²) in [5, 5.41) is 17.0. The number of nitrogens with one attached hydrogen (secondary N) is 2. The molecule has 1 fully saturated rings. The van der Waals surface area contributed by atoms with E-state index in [1.165, 1.54) is 13.8 Å². The maximum atomic E-state index is 14.3. The number of amides is 2. The number of rotatable bonds is 5. The number of anilines is 1. The maximum Gasteiger partial charge on any atom is 0.347 e. The second-order valence-corrected chi connectivity index (χ2v) is 11.7. The van der Waals surface area contributed by atoms with Crippen molar-refractivity contribution in [2.45, 2.75) is 50.2 Å². The number of fused-ring (bicyclic) bond motifs is 2. The second-order valence-electron chi connectivity index (χ2n) is 10.4. The lowest BCUT2D eigenvalue weighted by molar-refractivity contribution is -0.152. The molecule has 10 heteroatoms. The van der Waals surface area contributed by atoms with Crippen LogP contribution in [0.1, 0.15) is 54.5 Å². The normalized spacial score (nSPS) is 22.3. The second kappa shape index (κ2) is 9.73. The number of halogens is 3. The minimum Gasteiger partial charge on any atom is -0.478 e. The molecule has 39 heavy (non-hydrogen) atoms. The molecule has 3 aromatic rings. The maximum absolute atomic E-state index is 14.3. The standard InChI is InChI=1S/C29H25Cl3N2O5/c1-14-4-5-15(30)10-18(14)25-29(20-8-6-17(32)12-22(20)33-26(29)36)21(13-24(35)34-25)19-11-16(31)7-9-23(19)39-28(2,3)27(37)38/h4-12,21,25H,13H2,1-3H3,(H,33,36)(H,34,35)(H,37,38). The van der Waals surface area contributed by atoms with Gasteiger partial charge in [0.25, 0.3) is 0 Å². The van der Waals surface area contributed by atoms with Crippen LogP contribution in [0.4, 0.5) is 5.69 Å². The lowest BCUT2D eigenvalue weighted by Crippen LogP contribution is -2.57. The van der Waals surface area contributed by atoms with E-state index in [1.54, 1.807) is 48.5 Å². The molecule has 0 radical (unpaired) electrons. The van der Waals surface area contributed by atoms with Gasteiger partial charge in [0.2, 0.25) is 11.8 Å². The van der Waals surface area contributed by atoms with Crippen molar-refractivity contribution in [2.24, 2.45) is 0 Å². The number of piperidine rings is 1. The number of hydrogen-bond acceptors (Lipinski definition) is 4. The quantitative estimate of drug-likeness (QED) is 0.319. The lowest BCUT2D eigenvalue weighted by Gasteiger charge is -2.47. The van der Waals surface area contributed by atoms with Crippen molar-refractivity contribution >= 4 is 58.3 Å². The summed E-state index contributed by atoms with van der Waals surface area (Å²) in [7, 11) is 0. The van der Waals surface area contributed by atoms with Crippen molar-refractivity contribution < 1.29 is 24.2 Å². The molecule has 2 aliphatic heterocycles. The number of carbonyl (C=O) groups is 3. The fourth-order valence-corrected chi connectivity index (χ4v) is 6.18. The fourth-order valence-electron chi connectivity index (χ4n) is 5.65. The highest BCUT2D eigenvalue weighted by molar-refractivity contribution is 6.31. The summed E-state index contributed by atoms with van der Waals surface area (Å²) >= 11 is 19.1. The van der Waals surface area contributed by atoms with Gasteiger partial charge < -0.3 is 20.5 Å². The molecule has 2 heterocycles. The summed E-state index contributed by atoms with van der Waals surface area (Å²) in [6, 6.07) is 14.4. The molecule has 0 aromatic heterocycles. The van der Waals surface area contributed by atoms with Gasteiger partial charge in [-0.1, -0.05) is 46.9 Å². The Morgan fingerprint density at radius 1 is 0.974 bits per heavy atom. The van der Waals surface area contributed by atoms with Crippen LogP contribution >= 0.6 is 34.8 Å². The summed E-state index contributed by atoms with van der Waals surface area (Å²) in [5.41, 5.74) is 0.124. The van der Waals surface area contributed by atoms with Crippen LogP contribution in [0, 0.1) is 6.92 Å². The van der Waals surface area contributed by atoms with E-state index in [2.05, 4.69) is 10.6 Å². The van der Waals surface area contributed by atoms with Crippen LogP contribution in [0.25, 0.3) is 0 Å². The van der Waals surface area contributed by atoms with Crippen molar-refractivity contribution in [1.29, 1.82) is 0 Å². The highest BCUT2D eigenvalue weighted by Gasteiger charge is 2.62. The van der Waals surface area contributed by atoms with E-state index < -0.39 is 28.9 Å². The number of hydrogen-bond donors (Lipinski definition) is 3. The van der Waals surface area contributed by atoms with E-state index in [-0.39, 0.29) is 24.0 Å². The van der Waals surface area contributed by atoms with Gasteiger partial charge in [0.15, 0.2) is 5.60 Å². The zero-order valence-corrected chi connectivity index (χ0v) is 23.5. The van der Waals surface area contributed by atoms with E-state index in [4.69, 9.17) is 39.5 Å². The van der Waals surface area contributed by atoms with E-state index in [1.807, 2.05) is 13.0 Å². The Morgan fingerprint density at radius 3 is 2.28 bits per heavy atom. The monoisotopic (exact) mass is 586 g/mol. The molecule has 3 atom stereocenters. The molecule has 5 rings (SSSR count). The average molecular weight is 588 g/mol. The number of carboxylic acids is 1. The molecule has 202 valence electrons. The van der Waals surface area contributed by atoms with Gasteiger partial charge in [-0.15, -0.1) is 0 Å². The largest absolute Gasteiger partial charge is 0.478 e. The third-order valence-electron chi connectivity index (χ3n) is 7.53. The minimum atomic E-state index is -1.60. The number of aryl methyl sites for hydroxylation is 1. The van der Waals surface area contributed by atoms with Crippen LogP contribution in [0.5, 0.6) is 5.75 Å². The SMILES string of the molecule is Cc1ccc(Cl)cc1C1NC(=O)CC(c2cc(Cl)ccc2OC(C)(C)C(=O)O)C12C(=O)Nc1cc(Cl)ccc12. The summed E-state index contributed by atoms with van der Waals surface area (Å²) in [6.07, 6.45) is -0.0875. The van der Waals surface area contributed by atoms with Crippen LogP contribution < -0.4 is 15.4 Å². The average Bonchev–Trinajstić information content (AvgIpc) is 3.14. The Balaban J connectivity index is 1.82. The number of ether oxygens (including phenoxy) is 1. The van der Waals surface area contributed by atoms with Gasteiger partial charge in [0.05, 0.1) is 6.04 Å². The van der Waals surface area contributed by atoms with Gasteiger partial charge in [-0.2, -0.15) is 0 Å². The van der Waals surface area contributed by atoms with Crippen LogP contribution in [-0.4, -0.2) is 28.5 Å². The molecule has 0 bridgehead atoms. The first-order chi connectivity index (χ1) is 18.3. The van der Waals surface area contributed by atoms with Crippen LogP contribution in [0.2, 0.25) is 15.1 Å². The topological polar surface area (TPSA) is 105 Å². The summed E-state index contributed by atoms with van der Waals surface area (Å²) in [6.45, 7) is 4.73. The van der Waals surface area contributed by atoms with Gasteiger partial charge in [-0.25, -0.2) is 4.79 Å². The smallest absolute Gasteiger partial charge is 0.347 e. The summed E-state index contributed by atoms with van der Waals surface area (Å²) < 4.78 is 6.00. The van der Waals surface area contributed by atoms with Gasteiger partial charge in [-0.05, 0) is 79.9 Å². The molecule has 7 nitrogen and oxygen atoms in total. The Bertz CT molecular complexity index is 1540. The number of benzene rings is 3. The highest BCUT2D eigenvalue weighted by atomic mass is 35.5. The van der Waals surface area contributed by atoms with E-state index in [9.17, 15) is 19.5 Å². The Morgan fingerprint density at radius 2 is 1.59 bits per heavy atom. The molecule has 2 aliphatic rings. The van der Waals surface area contributed by atoms with Crippen LogP contribution in [0.3, 0.4) is 0 Å². The Kier molecular flexibility index (Phi) is 6.82. The number of aliphatic carboxylic acids is 1. The Hall–Kier alpha value is -3.26. The predicted molar refractivity (Wildman–Crippen MR) is 150 cm³/mol. The number of carboxylic acid groups (broad SMARTS) is 1. The highest BCUT2D eigenvalue weighted by Crippen LogP contribution is 2.59. The molecular weight excluding hydrogens is 563 g/mol. The summed E-state index contributed by atoms with van der Waals surface area (Å²) in [5.74, 6) is -2.41. The van der Waals surface area contributed by atoms with Gasteiger partial charge in [0, 0.05) is 38.7 Å². The first kappa shape index (κ1) is 27.3. The Labute approximate surface area is 240 Å². The molecular formula is C29H25Cl3N2O5. The van der Waals surface area contributed by atoms with Crippen molar-refractivity contribution in [3.63, 3.8) is 0 Å². The minimum absolute atomic E-state index is 0.0875. The van der Waals surface area contributed by atoms with Gasteiger partial charge in [-0.3, -0.25) is 9.59 Å². The zero-order chi connectivity index (χ0) is 28.3. The van der Waals surface area contributed by atoms with E-state index >= 15 is 0 Å². The first-order valence-corrected chi connectivity index (χ1v) is 13.4. The third kappa shape index (κ3) is 4.52. The molecule has 2 amide bonds. The molecule has 0 aliphatic carbocycles. The van der Waals surface area contributed by atoms with Gasteiger partial charge >= 0.3 is 5.97 Å². The van der Waals surface area contributed by atoms with E-state index in [0.29, 0.717) is 37.4 Å². The molecule has 1 saturated heterocycles. The van der Waals surface area contributed by atoms with Crippen LogP contribution in [-0.2, 0) is 19.8 Å². The molecule has 1 spiro atoms. The van der Waals surface area contributed by atoms with Crippen molar-refractivity contribution in [3.8, 4) is 5.75 Å². The fraction of sp³-hybridized carbons (Fsp3) is 0.276. The lowest BCUT2D eigenvalue weighted by atomic mass is 9.59.